The molecule has 0 aliphatic carbocycles. The van der Waals surface area contributed by atoms with Crippen molar-refractivity contribution in [1.29, 1.82) is 0 Å². The summed E-state index contributed by atoms with van der Waals surface area (Å²) in [5, 5.41) is 36.5. The summed E-state index contributed by atoms with van der Waals surface area (Å²) in [6.45, 7) is 0.691. The van der Waals surface area contributed by atoms with Crippen molar-refractivity contribution in [3.8, 4) is 23.0 Å². The van der Waals surface area contributed by atoms with Crippen LogP contribution in [0.1, 0.15) is 24.0 Å². The van der Waals surface area contributed by atoms with E-state index in [1.54, 1.807) is 12.1 Å². The van der Waals surface area contributed by atoms with Gasteiger partial charge in [-0.25, -0.2) is 0 Å². The van der Waals surface area contributed by atoms with Crippen molar-refractivity contribution in [2.75, 3.05) is 13.1 Å². The smallest absolute Gasteiger partial charge is 0.492 e. The highest BCUT2D eigenvalue weighted by molar-refractivity contribution is 6.56. The largest absolute Gasteiger partial charge is 0.504 e. The summed E-state index contributed by atoms with van der Waals surface area (Å²) in [7, 11) is -7.90. The van der Waals surface area contributed by atoms with Gasteiger partial charge in [0.15, 0.2) is 23.0 Å². The maximum Gasteiger partial charge on any atom is 0.492 e. The van der Waals surface area contributed by atoms with E-state index < -0.39 is 17.6 Å². The van der Waals surface area contributed by atoms with Gasteiger partial charge in [-0.1, -0.05) is 0 Å². The maximum absolute atomic E-state index is 9.20. The highest BCUT2D eigenvalue weighted by atomic mass is 28.4. The van der Waals surface area contributed by atoms with Crippen LogP contribution in [0.4, 0.5) is 0 Å². The molecule has 2 rings (SSSR count). The minimum Gasteiger partial charge on any atom is -0.504 e. The normalized spacial score (nSPS) is 12.2. The molecule has 12 nitrogen and oxygen atoms in total. The van der Waals surface area contributed by atoms with Crippen molar-refractivity contribution in [2.45, 2.75) is 24.9 Å². The summed E-state index contributed by atoms with van der Waals surface area (Å²) >= 11 is 0. The fraction of sp³-hybridized carbons (Fsp3) is 0.300. The minimum atomic E-state index is -3.95. The Hall–Kier alpha value is -2.83. The van der Waals surface area contributed by atoms with Crippen LogP contribution in [-0.2, 0) is 0 Å². The van der Waals surface area contributed by atoms with E-state index in [2.05, 4.69) is 9.98 Å². The molecule has 0 saturated carbocycles. The third-order valence-electron chi connectivity index (χ3n) is 4.08. The van der Waals surface area contributed by atoms with E-state index in [-0.39, 0.29) is 35.1 Å². The lowest BCUT2D eigenvalue weighted by atomic mass is 10.2. The number of phenols is 4. The average Bonchev–Trinajstić information content (AvgIpc) is 2.71. The van der Waals surface area contributed by atoms with Gasteiger partial charge in [-0.05, 0) is 60.4 Å². The quantitative estimate of drug-likeness (QED) is 0.0857. The molecule has 0 atom stereocenters. The van der Waals surface area contributed by atoms with Gasteiger partial charge in [0.25, 0.3) is 0 Å². The van der Waals surface area contributed by atoms with Crippen molar-refractivity contribution in [2.24, 2.45) is 9.98 Å². The first-order valence-corrected chi connectivity index (χ1v) is 14.2. The molecule has 0 spiro atoms. The lowest BCUT2D eigenvalue weighted by molar-refractivity contribution is 0.225. The molecule has 14 heteroatoms. The zero-order chi connectivity index (χ0) is 25.8. The Morgan fingerprint density at radius 2 is 0.912 bits per heavy atom. The van der Waals surface area contributed by atoms with Crippen molar-refractivity contribution in [1.82, 2.24) is 0 Å². The Kier molecular flexibility index (Phi) is 11.8. The van der Waals surface area contributed by atoms with Gasteiger partial charge in [-0.3, -0.25) is 9.98 Å². The first-order chi connectivity index (χ1) is 15.8. The molecule has 0 aliphatic rings. The molecule has 0 unspecified atom stereocenters. The van der Waals surface area contributed by atoms with Crippen LogP contribution < -0.4 is 0 Å². The molecule has 0 fully saturated rings. The predicted molar refractivity (Wildman–Crippen MR) is 128 cm³/mol. The van der Waals surface area contributed by atoms with Crippen molar-refractivity contribution in [3.05, 3.63) is 47.5 Å². The van der Waals surface area contributed by atoms with E-state index in [0.717, 1.165) is 0 Å². The van der Waals surface area contributed by atoms with E-state index in [9.17, 15) is 10.2 Å². The summed E-state index contributed by atoms with van der Waals surface area (Å²) in [5.74, 6) is -0.833. The second-order valence-electron chi connectivity index (χ2n) is 7.32. The third kappa shape index (κ3) is 13.7. The van der Waals surface area contributed by atoms with Crippen molar-refractivity contribution in [3.63, 3.8) is 0 Å². The first kappa shape index (κ1) is 29.2. The van der Waals surface area contributed by atoms with Gasteiger partial charge in [0, 0.05) is 37.6 Å². The lowest BCUT2D eigenvalue weighted by Crippen LogP contribution is -2.34. The Labute approximate surface area is 198 Å². The minimum absolute atomic E-state index is 0.0504. The Bertz CT molecular complexity index is 882. The van der Waals surface area contributed by atoms with Crippen LogP contribution in [-0.4, -0.2) is 92.3 Å². The molecule has 2 aromatic rings. The summed E-state index contributed by atoms with van der Waals surface area (Å²) < 4.78 is 0. The van der Waals surface area contributed by atoms with Crippen molar-refractivity contribution >= 4 is 30.0 Å². The van der Waals surface area contributed by atoms with Gasteiger partial charge in [-0.15, -0.1) is 0 Å². The molecular weight excluding hydrogens is 484 g/mol. The Balaban J connectivity index is 0.000000340. The number of nitrogens with zero attached hydrogens (tertiary/aromatic N) is 2. The van der Waals surface area contributed by atoms with Crippen LogP contribution in [0.3, 0.4) is 0 Å². The van der Waals surface area contributed by atoms with Gasteiger partial charge in [0.05, 0.1) is 0 Å². The molecular formula is C20H30N2O10Si2. The molecule has 188 valence electrons. The van der Waals surface area contributed by atoms with Crippen LogP contribution in [0.15, 0.2) is 46.4 Å². The first-order valence-electron chi connectivity index (χ1n) is 10.1. The van der Waals surface area contributed by atoms with E-state index in [0.29, 0.717) is 37.1 Å². The molecule has 0 aromatic heterocycles. The van der Waals surface area contributed by atoms with E-state index in [1.165, 1.54) is 36.7 Å². The van der Waals surface area contributed by atoms with Gasteiger partial charge in [-0.2, -0.15) is 0 Å². The number of aromatic hydroxyl groups is 4. The van der Waals surface area contributed by atoms with Gasteiger partial charge in [0.2, 0.25) is 0 Å². The fourth-order valence-corrected chi connectivity index (χ4v) is 3.66. The second kappa shape index (κ2) is 13.8. The van der Waals surface area contributed by atoms with Crippen LogP contribution in [0.2, 0.25) is 12.1 Å². The number of phenolic OH excluding ortho intramolecular Hbond substituents is 4. The molecule has 0 saturated heterocycles. The molecule has 0 radical (unpaired) electrons. The van der Waals surface area contributed by atoms with E-state index >= 15 is 0 Å². The monoisotopic (exact) mass is 514 g/mol. The topological polar surface area (TPSA) is 227 Å². The summed E-state index contributed by atoms with van der Waals surface area (Å²) in [4.78, 5) is 60.4. The molecule has 0 aliphatic heterocycles. The molecule has 0 amide bonds. The number of hydrogen-bond acceptors (Lipinski definition) is 12. The van der Waals surface area contributed by atoms with E-state index in [1.807, 2.05) is 0 Å². The summed E-state index contributed by atoms with van der Waals surface area (Å²) in [6.07, 6.45) is 3.73. The Morgan fingerprint density at radius 3 is 1.21 bits per heavy atom. The highest BCUT2D eigenvalue weighted by Gasteiger charge is 2.25. The third-order valence-corrected chi connectivity index (χ3v) is 6.13. The van der Waals surface area contributed by atoms with Crippen LogP contribution >= 0.6 is 0 Å². The standard InChI is InChI=1S/2C10H15NO5Si/c2*12-9-3-2-8(6-10(9)13)7-11-4-1-5-17(14,15)16/h2*2-3,6-7,12-16H,1,4-5H2. The molecule has 2 aromatic carbocycles. The SMILES string of the molecule is Oc1ccc(C=NCCC[Si](O)(O)O)cc1O.Oc1ccc(C=NCCC[Si](O)(O)O)cc1O. The number of benzene rings is 2. The molecule has 10 N–H and O–H groups in total. The second-order valence-corrected chi connectivity index (χ2v) is 11.4. The zero-order valence-electron chi connectivity index (χ0n) is 18.2. The number of hydrogen-bond donors (Lipinski definition) is 10. The van der Waals surface area contributed by atoms with Gasteiger partial charge >= 0.3 is 17.6 Å². The average molecular weight is 515 g/mol. The molecule has 34 heavy (non-hydrogen) atoms. The summed E-state index contributed by atoms with van der Waals surface area (Å²) in [6, 6.07) is 8.50. The number of rotatable bonds is 10. The zero-order valence-corrected chi connectivity index (χ0v) is 20.2. The maximum atomic E-state index is 9.20. The van der Waals surface area contributed by atoms with Crippen LogP contribution in [0.25, 0.3) is 0 Å². The Morgan fingerprint density at radius 1 is 0.559 bits per heavy atom. The lowest BCUT2D eigenvalue weighted by Gasteiger charge is -2.06. The van der Waals surface area contributed by atoms with E-state index in [4.69, 9.17) is 39.0 Å². The molecule has 0 bridgehead atoms. The van der Waals surface area contributed by atoms with Gasteiger partial charge < -0.3 is 49.2 Å². The highest BCUT2D eigenvalue weighted by Crippen LogP contribution is 2.24. The van der Waals surface area contributed by atoms with Crippen molar-refractivity contribution < 1.29 is 49.2 Å². The van der Waals surface area contributed by atoms with Gasteiger partial charge in [0.1, 0.15) is 0 Å². The predicted octanol–water partition coefficient (Wildman–Crippen LogP) is -0.355. The van der Waals surface area contributed by atoms with Crippen LogP contribution in [0, 0.1) is 0 Å². The van der Waals surface area contributed by atoms with Crippen LogP contribution in [0.5, 0.6) is 23.0 Å². The molecule has 0 heterocycles. The summed E-state index contributed by atoms with van der Waals surface area (Å²) in [5.41, 5.74) is 1.25. The number of aliphatic imine (C=N–C) groups is 2. The fourth-order valence-electron chi connectivity index (χ4n) is 2.40.